The van der Waals surface area contributed by atoms with Crippen molar-refractivity contribution in [3.63, 3.8) is 0 Å². The lowest BCUT2D eigenvalue weighted by atomic mass is 9.87. The van der Waals surface area contributed by atoms with Crippen molar-refractivity contribution in [1.29, 1.82) is 0 Å². The molecule has 0 radical (unpaired) electrons. The largest absolute Gasteiger partial charge is 0.462 e. The van der Waals surface area contributed by atoms with E-state index in [1.54, 1.807) is 19.1 Å². The first-order valence-electron chi connectivity index (χ1n) is 11.4. The third-order valence-electron chi connectivity index (χ3n) is 5.42. The Bertz CT molecular complexity index is 1080. The molecule has 0 saturated heterocycles. The lowest BCUT2D eigenvalue weighted by Gasteiger charge is -2.24. The average molecular weight is 450 g/mol. The Hall–Kier alpha value is -3.05. The molecule has 0 N–H and O–H groups in total. The van der Waals surface area contributed by atoms with E-state index < -0.39 is 5.97 Å². The molecule has 0 bridgehead atoms. The van der Waals surface area contributed by atoms with E-state index in [0.717, 1.165) is 22.4 Å². The van der Waals surface area contributed by atoms with Crippen LogP contribution in [0.3, 0.4) is 0 Å². The zero-order chi connectivity index (χ0) is 24.0. The summed E-state index contributed by atoms with van der Waals surface area (Å²) < 4.78 is 25.3. The maximum atomic E-state index is 13.8. The van der Waals surface area contributed by atoms with Crippen molar-refractivity contribution in [3.05, 3.63) is 88.5 Å². The topological polar surface area (TPSA) is 48.4 Å². The van der Waals surface area contributed by atoms with E-state index in [4.69, 9.17) is 14.5 Å². The lowest BCUT2D eigenvalue weighted by Crippen LogP contribution is -2.18. The van der Waals surface area contributed by atoms with Gasteiger partial charge in [0.15, 0.2) is 0 Å². The first-order chi connectivity index (χ1) is 15.8. The smallest absolute Gasteiger partial charge is 0.340 e. The van der Waals surface area contributed by atoms with Crippen LogP contribution in [0.4, 0.5) is 4.39 Å². The minimum absolute atomic E-state index is 0.000363. The Labute approximate surface area is 195 Å². The summed E-state index contributed by atoms with van der Waals surface area (Å²) in [7, 11) is 0. The molecule has 0 saturated carbocycles. The van der Waals surface area contributed by atoms with Crippen molar-refractivity contribution in [2.45, 2.75) is 59.7 Å². The number of aromatic nitrogens is 1. The zero-order valence-electron chi connectivity index (χ0n) is 20.0. The number of rotatable bonds is 9. The van der Waals surface area contributed by atoms with E-state index in [9.17, 15) is 9.18 Å². The average Bonchev–Trinajstić information content (AvgIpc) is 2.79. The van der Waals surface area contributed by atoms with Crippen molar-refractivity contribution in [3.8, 4) is 11.1 Å². The number of carbonyl (C=O) groups is 1. The van der Waals surface area contributed by atoms with Crippen molar-refractivity contribution in [1.82, 2.24) is 4.98 Å². The molecule has 0 spiro atoms. The molecule has 3 aromatic rings. The van der Waals surface area contributed by atoms with Gasteiger partial charge < -0.3 is 9.47 Å². The fourth-order valence-corrected chi connectivity index (χ4v) is 3.89. The molecule has 5 heteroatoms. The molecule has 0 aliphatic rings. The summed E-state index contributed by atoms with van der Waals surface area (Å²) in [6.45, 7) is 10.9. The van der Waals surface area contributed by atoms with E-state index in [1.807, 2.05) is 44.2 Å². The summed E-state index contributed by atoms with van der Waals surface area (Å²) in [5.74, 6) is -0.651. The van der Waals surface area contributed by atoms with Gasteiger partial charge in [0.05, 0.1) is 31.1 Å². The summed E-state index contributed by atoms with van der Waals surface area (Å²) in [4.78, 5) is 18.1. The fourth-order valence-electron chi connectivity index (χ4n) is 3.89. The summed E-state index contributed by atoms with van der Waals surface area (Å²) >= 11 is 0. The molecule has 4 nitrogen and oxygen atoms in total. The maximum Gasteiger partial charge on any atom is 0.340 e. The molecular formula is C28H32FNO3. The van der Waals surface area contributed by atoms with Crippen LogP contribution in [0.1, 0.15) is 79.3 Å². The molecule has 0 aliphatic carbocycles. The molecule has 0 amide bonds. The zero-order valence-corrected chi connectivity index (χ0v) is 20.0. The Morgan fingerprint density at radius 3 is 2.12 bits per heavy atom. The monoisotopic (exact) mass is 449 g/mol. The highest BCUT2D eigenvalue weighted by atomic mass is 19.1. The summed E-state index contributed by atoms with van der Waals surface area (Å²) in [5, 5.41) is 0. The summed E-state index contributed by atoms with van der Waals surface area (Å²) in [6, 6.07) is 16.1. The number of hydrogen-bond donors (Lipinski definition) is 0. The Morgan fingerprint density at radius 1 is 0.909 bits per heavy atom. The molecule has 0 unspecified atom stereocenters. The second kappa shape index (κ2) is 11.2. The molecule has 1 aromatic heterocycles. The Kier molecular flexibility index (Phi) is 8.34. The number of carbonyl (C=O) groups excluding carboxylic acids is 1. The quantitative estimate of drug-likeness (QED) is 0.329. The molecule has 0 aliphatic heterocycles. The Balaban J connectivity index is 2.21. The van der Waals surface area contributed by atoms with Crippen molar-refractivity contribution in [2.24, 2.45) is 0 Å². The number of hydrogen-bond acceptors (Lipinski definition) is 4. The predicted molar refractivity (Wildman–Crippen MR) is 129 cm³/mol. The van der Waals surface area contributed by atoms with Crippen LogP contribution in [0.25, 0.3) is 11.1 Å². The van der Waals surface area contributed by atoms with Crippen LogP contribution in [-0.4, -0.2) is 17.6 Å². The SMILES string of the molecule is CCOC(=O)c1c(C(C)C)nc(C(C)C)c(COCc2ccccc2)c1-c1ccc(F)cc1. The van der Waals surface area contributed by atoms with Gasteiger partial charge in [0.1, 0.15) is 5.82 Å². The summed E-state index contributed by atoms with van der Waals surface area (Å²) in [5.41, 5.74) is 5.33. The number of ether oxygens (including phenoxy) is 2. The third kappa shape index (κ3) is 5.85. The first kappa shape index (κ1) is 24.6. The number of esters is 1. The molecule has 33 heavy (non-hydrogen) atoms. The van der Waals surface area contributed by atoms with Crippen molar-refractivity contribution < 1.29 is 18.7 Å². The Morgan fingerprint density at radius 2 is 1.55 bits per heavy atom. The molecule has 0 fully saturated rings. The molecule has 0 atom stereocenters. The maximum absolute atomic E-state index is 13.8. The van der Waals surface area contributed by atoms with E-state index in [2.05, 4.69) is 13.8 Å². The van der Waals surface area contributed by atoms with E-state index in [1.165, 1.54) is 12.1 Å². The van der Waals surface area contributed by atoms with Gasteiger partial charge in [-0.2, -0.15) is 0 Å². The highest BCUT2D eigenvalue weighted by Gasteiger charge is 2.28. The van der Waals surface area contributed by atoms with Gasteiger partial charge >= 0.3 is 5.97 Å². The standard InChI is InChI=1S/C28H32FNO3/c1-6-33-28(31)25-24(21-12-14-22(29)15-13-21)23(17-32-16-20-10-8-7-9-11-20)26(18(2)3)30-27(25)19(4)5/h7-15,18-19H,6,16-17H2,1-5H3. The van der Waals surface area contributed by atoms with Crippen molar-refractivity contribution >= 4 is 5.97 Å². The number of halogens is 1. The van der Waals surface area contributed by atoms with Crippen LogP contribution in [0.15, 0.2) is 54.6 Å². The van der Waals surface area contributed by atoms with Crippen LogP contribution in [0.5, 0.6) is 0 Å². The molecule has 2 aromatic carbocycles. The highest BCUT2D eigenvalue weighted by molar-refractivity contribution is 5.99. The van der Waals surface area contributed by atoms with Gasteiger partial charge in [-0.3, -0.25) is 4.98 Å². The molecule has 1 heterocycles. The van der Waals surface area contributed by atoms with Gasteiger partial charge in [-0.1, -0.05) is 70.2 Å². The molecular weight excluding hydrogens is 417 g/mol. The minimum atomic E-state index is -0.423. The lowest BCUT2D eigenvalue weighted by molar-refractivity contribution is 0.0524. The van der Waals surface area contributed by atoms with Gasteiger partial charge in [0.2, 0.25) is 0 Å². The highest BCUT2D eigenvalue weighted by Crippen LogP contribution is 2.37. The van der Waals surface area contributed by atoms with E-state index in [0.29, 0.717) is 23.4 Å². The van der Waals surface area contributed by atoms with Crippen LogP contribution in [0, 0.1) is 5.82 Å². The number of nitrogens with zero attached hydrogens (tertiary/aromatic N) is 1. The van der Waals surface area contributed by atoms with Gasteiger partial charge in [0, 0.05) is 16.8 Å². The van der Waals surface area contributed by atoms with Crippen LogP contribution < -0.4 is 0 Å². The van der Waals surface area contributed by atoms with Crippen molar-refractivity contribution in [2.75, 3.05) is 6.61 Å². The van der Waals surface area contributed by atoms with Gasteiger partial charge in [-0.15, -0.1) is 0 Å². The normalized spacial score (nSPS) is 11.3. The van der Waals surface area contributed by atoms with Gasteiger partial charge in [-0.05, 0) is 42.0 Å². The van der Waals surface area contributed by atoms with Crippen LogP contribution in [0.2, 0.25) is 0 Å². The van der Waals surface area contributed by atoms with Gasteiger partial charge in [-0.25, -0.2) is 9.18 Å². The second-order valence-electron chi connectivity index (χ2n) is 8.63. The summed E-state index contributed by atoms with van der Waals surface area (Å²) in [6.07, 6.45) is 0. The van der Waals surface area contributed by atoms with Gasteiger partial charge in [0.25, 0.3) is 0 Å². The van der Waals surface area contributed by atoms with Crippen LogP contribution >= 0.6 is 0 Å². The van der Waals surface area contributed by atoms with Crippen LogP contribution in [-0.2, 0) is 22.7 Å². The predicted octanol–water partition coefficient (Wildman–Crippen LogP) is 7.03. The third-order valence-corrected chi connectivity index (χ3v) is 5.42. The van der Waals surface area contributed by atoms with E-state index in [-0.39, 0.29) is 30.9 Å². The number of benzene rings is 2. The fraction of sp³-hybridized carbons (Fsp3) is 0.357. The molecule has 174 valence electrons. The second-order valence-corrected chi connectivity index (χ2v) is 8.63. The first-order valence-corrected chi connectivity index (χ1v) is 11.4. The number of pyridine rings is 1. The van der Waals surface area contributed by atoms with E-state index >= 15 is 0 Å². The minimum Gasteiger partial charge on any atom is -0.462 e. The molecule has 3 rings (SSSR count).